The number of hydrogen-bond donors (Lipinski definition) is 3. The van der Waals surface area contributed by atoms with Gasteiger partial charge in [-0.1, -0.05) is 0 Å². The van der Waals surface area contributed by atoms with Crippen LogP contribution in [0, 0.1) is 0 Å². The third-order valence-electron chi connectivity index (χ3n) is 3.56. The molecule has 7 nitrogen and oxygen atoms in total. The van der Waals surface area contributed by atoms with Crippen LogP contribution in [0.1, 0.15) is 30.0 Å². The highest BCUT2D eigenvalue weighted by atomic mass is 16.3. The van der Waals surface area contributed by atoms with Gasteiger partial charge < -0.3 is 9.52 Å². The lowest BCUT2D eigenvalue weighted by atomic mass is 10.1. The first-order valence-corrected chi connectivity index (χ1v) is 7.13. The van der Waals surface area contributed by atoms with E-state index < -0.39 is 5.60 Å². The van der Waals surface area contributed by atoms with Gasteiger partial charge in [0.1, 0.15) is 5.76 Å². The quantitative estimate of drug-likeness (QED) is 0.395. The number of hydrazine groups is 1. The molecular weight excluding hydrogens is 272 g/mol. The van der Waals surface area contributed by atoms with Crippen LogP contribution in [0.25, 0.3) is 0 Å². The Kier molecular flexibility index (Phi) is 5.00. The third kappa shape index (κ3) is 4.53. The molecule has 1 aromatic heterocycles. The van der Waals surface area contributed by atoms with Gasteiger partial charge in [0, 0.05) is 32.7 Å². The van der Waals surface area contributed by atoms with Crippen molar-refractivity contribution in [1.29, 1.82) is 0 Å². The molecule has 7 heteroatoms. The minimum Gasteiger partial charge on any atom is -0.467 e. The van der Waals surface area contributed by atoms with Gasteiger partial charge in [0.05, 0.1) is 24.0 Å². The number of hydrogen-bond acceptors (Lipinski definition) is 6. The van der Waals surface area contributed by atoms with Crippen molar-refractivity contribution >= 4 is 5.91 Å². The average molecular weight is 296 g/mol. The summed E-state index contributed by atoms with van der Waals surface area (Å²) in [5.41, 5.74) is 1.94. The summed E-state index contributed by atoms with van der Waals surface area (Å²) in [5, 5.41) is 9.84. The van der Waals surface area contributed by atoms with Crippen LogP contribution in [0.3, 0.4) is 0 Å². The Bertz CT molecular complexity index is 473. The van der Waals surface area contributed by atoms with Gasteiger partial charge in [0.2, 0.25) is 0 Å². The number of aliphatic hydroxyl groups is 1. The zero-order valence-electron chi connectivity index (χ0n) is 12.6. The molecule has 0 aromatic carbocycles. The lowest BCUT2D eigenvalue weighted by molar-refractivity contribution is 0.0157. The number of nitrogens with one attached hydrogen (secondary N) is 1. The normalized spacial score (nSPS) is 17.9. The molecule has 1 aromatic rings. The van der Waals surface area contributed by atoms with Crippen molar-refractivity contribution in [2.45, 2.75) is 26.0 Å². The monoisotopic (exact) mass is 296 g/mol. The van der Waals surface area contributed by atoms with E-state index >= 15 is 0 Å². The van der Waals surface area contributed by atoms with Crippen LogP contribution in [0.2, 0.25) is 0 Å². The Balaban J connectivity index is 1.87. The van der Waals surface area contributed by atoms with Crippen LogP contribution in [-0.2, 0) is 6.54 Å². The summed E-state index contributed by atoms with van der Waals surface area (Å²) in [6, 6.07) is 1.63. The summed E-state index contributed by atoms with van der Waals surface area (Å²) in [6.07, 6.45) is 1.50. The Morgan fingerprint density at radius 1 is 1.38 bits per heavy atom. The Morgan fingerprint density at radius 2 is 2.00 bits per heavy atom. The van der Waals surface area contributed by atoms with Crippen LogP contribution < -0.4 is 11.3 Å². The van der Waals surface area contributed by atoms with Crippen LogP contribution in [0.4, 0.5) is 0 Å². The summed E-state index contributed by atoms with van der Waals surface area (Å²) in [6.45, 7) is 8.43. The first-order chi connectivity index (χ1) is 9.89. The molecule has 0 unspecified atom stereocenters. The van der Waals surface area contributed by atoms with Crippen molar-refractivity contribution in [3.8, 4) is 0 Å². The number of nitrogens with zero attached hydrogens (tertiary/aromatic N) is 2. The zero-order valence-corrected chi connectivity index (χ0v) is 12.6. The Morgan fingerprint density at radius 3 is 2.57 bits per heavy atom. The van der Waals surface area contributed by atoms with Crippen molar-refractivity contribution < 1.29 is 14.3 Å². The lowest BCUT2D eigenvalue weighted by Gasteiger charge is -2.37. The lowest BCUT2D eigenvalue weighted by Crippen LogP contribution is -2.50. The highest BCUT2D eigenvalue weighted by Gasteiger charge is 2.24. The van der Waals surface area contributed by atoms with Gasteiger partial charge in [-0.3, -0.25) is 20.0 Å². The number of nitrogens with two attached hydrogens (primary N) is 1. The molecule has 0 bridgehead atoms. The van der Waals surface area contributed by atoms with Crippen LogP contribution in [-0.4, -0.2) is 59.1 Å². The molecular formula is C14H24N4O3. The fourth-order valence-corrected chi connectivity index (χ4v) is 2.60. The summed E-state index contributed by atoms with van der Waals surface area (Å²) in [7, 11) is 0. The first kappa shape index (κ1) is 16.0. The molecule has 1 saturated heterocycles. The van der Waals surface area contributed by atoms with Gasteiger partial charge in [-0.05, 0) is 19.9 Å². The number of nitrogen functional groups attached to an aromatic ring is 1. The highest BCUT2D eigenvalue weighted by Crippen LogP contribution is 2.15. The molecule has 118 valence electrons. The van der Waals surface area contributed by atoms with E-state index in [4.69, 9.17) is 10.3 Å². The van der Waals surface area contributed by atoms with Crippen molar-refractivity contribution in [2.75, 3.05) is 32.7 Å². The molecule has 0 radical (unpaired) electrons. The van der Waals surface area contributed by atoms with Crippen molar-refractivity contribution in [1.82, 2.24) is 15.2 Å². The molecule has 0 saturated carbocycles. The van der Waals surface area contributed by atoms with Gasteiger partial charge in [0.15, 0.2) is 0 Å². The Labute approximate surface area is 124 Å². The molecule has 4 N–H and O–H groups in total. The van der Waals surface area contributed by atoms with Crippen LogP contribution >= 0.6 is 0 Å². The van der Waals surface area contributed by atoms with Crippen LogP contribution in [0.5, 0.6) is 0 Å². The van der Waals surface area contributed by atoms with Gasteiger partial charge in [0.25, 0.3) is 5.91 Å². The predicted molar refractivity (Wildman–Crippen MR) is 78.4 cm³/mol. The first-order valence-electron chi connectivity index (χ1n) is 7.13. The van der Waals surface area contributed by atoms with E-state index in [1.165, 1.54) is 6.26 Å². The molecule has 1 aliphatic heterocycles. The van der Waals surface area contributed by atoms with Gasteiger partial charge >= 0.3 is 0 Å². The average Bonchev–Trinajstić information content (AvgIpc) is 2.86. The number of carbonyl (C=O) groups excluding carboxylic acids is 1. The third-order valence-corrected chi connectivity index (χ3v) is 3.56. The summed E-state index contributed by atoms with van der Waals surface area (Å²) in [4.78, 5) is 16.1. The number of β-amino-alcohol motifs (C(OH)–C–C–N with tert-alkyl or cyclic N) is 1. The van der Waals surface area contributed by atoms with E-state index in [1.807, 2.05) is 13.8 Å². The summed E-state index contributed by atoms with van der Waals surface area (Å²) in [5.74, 6) is 5.46. The van der Waals surface area contributed by atoms with E-state index in [9.17, 15) is 9.90 Å². The summed E-state index contributed by atoms with van der Waals surface area (Å²) < 4.78 is 5.39. The summed E-state index contributed by atoms with van der Waals surface area (Å²) >= 11 is 0. The number of furan rings is 1. The second-order valence-corrected chi connectivity index (χ2v) is 6.10. The number of carbonyl (C=O) groups is 1. The molecule has 1 aliphatic rings. The van der Waals surface area contributed by atoms with Crippen molar-refractivity contribution in [3.63, 3.8) is 0 Å². The van der Waals surface area contributed by atoms with E-state index in [2.05, 4.69) is 15.2 Å². The highest BCUT2D eigenvalue weighted by molar-refractivity contribution is 5.94. The van der Waals surface area contributed by atoms with Crippen molar-refractivity contribution in [2.24, 2.45) is 5.84 Å². The maximum absolute atomic E-state index is 11.6. The van der Waals surface area contributed by atoms with E-state index in [-0.39, 0.29) is 5.91 Å². The van der Waals surface area contributed by atoms with Crippen LogP contribution in [0.15, 0.2) is 16.7 Å². The van der Waals surface area contributed by atoms with E-state index in [0.717, 1.165) is 26.2 Å². The standard InChI is InChI=1S/C14H24N4O3/c1-14(2,20)10-18-6-4-17(5-7-18)9-12-11(3-8-21-12)13(19)16-15/h3,8,20H,4-7,9-10,15H2,1-2H3,(H,16,19). The largest absolute Gasteiger partial charge is 0.467 e. The number of rotatable bonds is 5. The second kappa shape index (κ2) is 6.57. The minimum atomic E-state index is -0.671. The van der Waals surface area contributed by atoms with E-state index in [1.54, 1.807) is 6.07 Å². The fraction of sp³-hybridized carbons (Fsp3) is 0.643. The molecule has 21 heavy (non-hydrogen) atoms. The SMILES string of the molecule is CC(C)(O)CN1CCN(Cc2occc2C(=O)NN)CC1. The number of amides is 1. The molecule has 2 heterocycles. The topological polar surface area (TPSA) is 95.0 Å². The fourth-order valence-electron chi connectivity index (χ4n) is 2.60. The molecule has 0 spiro atoms. The zero-order chi connectivity index (χ0) is 15.5. The molecule has 0 aliphatic carbocycles. The van der Waals surface area contributed by atoms with Gasteiger partial charge in [-0.2, -0.15) is 0 Å². The van der Waals surface area contributed by atoms with Crippen molar-refractivity contribution in [3.05, 3.63) is 23.7 Å². The Hall–Kier alpha value is -1.41. The predicted octanol–water partition coefficient (Wildman–Crippen LogP) is -0.228. The minimum absolute atomic E-state index is 0.334. The van der Waals surface area contributed by atoms with Gasteiger partial charge in [-0.15, -0.1) is 0 Å². The molecule has 1 fully saturated rings. The maximum Gasteiger partial charge on any atom is 0.268 e. The number of piperazine rings is 1. The molecule has 0 atom stereocenters. The second-order valence-electron chi connectivity index (χ2n) is 6.10. The molecule has 2 rings (SSSR count). The molecule has 1 amide bonds. The van der Waals surface area contributed by atoms with E-state index in [0.29, 0.717) is 24.4 Å². The smallest absolute Gasteiger partial charge is 0.268 e. The maximum atomic E-state index is 11.6. The van der Waals surface area contributed by atoms with Gasteiger partial charge in [-0.25, -0.2) is 5.84 Å².